The number of amides is 1. The maximum Gasteiger partial charge on any atom is 0.255 e. The number of likely N-dealkylation sites (N-methyl/N-ethyl adjacent to an activating group) is 1. The van der Waals surface area contributed by atoms with Crippen LogP contribution >= 0.6 is 0 Å². The van der Waals surface area contributed by atoms with E-state index in [2.05, 4.69) is 34.1 Å². The van der Waals surface area contributed by atoms with Crippen LogP contribution in [0.25, 0.3) is 21.9 Å². The van der Waals surface area contributed by atoms with Crippen LogP contribution in [0.5, 0.6) is 0 Å². The van der Waals surface area contributed by atoms with Gasteiger partial charge >= 0.3 is 0 Å². The molecule has 8 nitrogen and oxygen atoms in total. The van der Waals surface area contributed by atoms with Crippen molar-refractivity contribution in [2.45, 2.75) is 20.0 Å². The van der Waals surface area contributed by atoms with E-state index in [1.807, 2.05) is 58.8 Å². The van der Waals surface area contributed by atoms with Crippen molar-refractivity contribution < 1.29 is 18.7 Å². The molecule has 1 amide bonds. The molecule has 0 radical (unpaired) electrons. The normalized spacial score (nSPS) is 13.5. The number of carbonyl (C=O) groups is 1. The van der Waals surface area contributed by atoms with E-state index in [1.165, 1.54) is 0 Å². The molecule has 3 heterocycles. The Balaban J connectivity index is 1.32. The Morgan fingerprint density at radius 2 is 1.82 bits per heavy atom. The first kappa shape index (κ1) is 29.6. The Morgan fingerprint density at radius 1 is 1.02 bits per heavy atom. The molecule has 6 rings (SSSR count). The molecule has 0 aliphatic carbocycles. The average molecular weight is 596 g/mol. The van der Waals surface area contributed by atoms with Crippen LogP contribution in [0.1, 0.15) is 27.3 Å². The summed E-state index contributed by atoms with van der Waals surface area (Å²) in [4.78, 5) is 22.1. The SMILES string of the molecule is COCCN(C)C(=O)c1cn(Cc2c(C)ncn2Cc2ccc(N3CCOCC3)cc2F)cc1-c1cccc2ccccc12. The Morgan fingerprint density at radius 3 is 2.61 bits per heavy atom. The molecular weight excluding hydrogens is 557 g/mol. The first-order valence-corrected chi connectivity index (χ1v) is 15.0. The Hall–Kier alpha value is -4.47. The van der Waals surface area contributed by atoms with Crippen LogP contribution in [0.4, 0.5) is 10.1 Å². The van der Waals surface area contributed by atoms with Crippen LogP contribution in [-0.4, -0.2) is 78.5 Å². The number of hydrogen-bond donors (Lipinski definition) is 0. The van der Waals surface area contributed by atoms with Crippen molar-refractivity contribution in [2.24, 2.45) is 0 Å². The van der Waals surface area contributed by atoms with Gasteiger partial charge in [0.15, 0.2) is 0 Å². The summed E-state index contributed by atoms with van der Waals surface area (Å²) in [7, 11) is 3.43. The smallest absolute Gasteiger partial charge is 0.255 e. The number of anilines is 1. The predicted molar refractivity (Wildman–Crippen MR) is 171 cm³/mol. The van der Waals surface area contributed by atoms with E-state index in [-0.39, 0.29) is 11.7 Å². The summed E-state index contributed by atoms with van der Waals surface area (Å²) in [6.07, 6.45) is 5.71. The summed E-state index contributed by atoms with van der Waals surface area (Å²) >= 11 is 0. The van der Waals surface area contributed by atoms with Crippen molar-refractivity contribution >= 4 is 22.4 Å². The summed E-state index contributed by atoms with van der Waals surface area (Å²) in [6, 6.07) is 19.8. The fourth-order valence-electron chi connectivity index (χ4n) is 5.87. The number of morpholine rings is 1. The first-order valence-electron chi connectivity index (χ1n) is 15.0. The molecule has 0 spiro atoms. The van der Waals surface area contributed by atoms with Crippen LogP contribution in [0.15, 0.2) is 79.4 Å². The topological polar surface area (TPSA) is 64.8 Å². The average Bonchev–Trinajstić information content (AvgIpc) is 3.63. The summed E-state index contributed by atoms with van der Waals surface area (Å²) in [5.41, 5.74) is 5.77. The number of aromatic nitrogens is 3. The van der Waals surface area contributed by atoms with Gasteiger partial charge in [0.1, 0.15) is 5.82 Å². The molecular formula is C35H38FN5O3. The first-order chi connectivity index (χ1) is 21.4. The maximum atomic E-state index is 15.3. The Kier molecular flexibility index (Phi) is 8.77. The van der Waals surface area contributed by atoms with Gasteiger partial charge in [-0.05, 0) is 35.4 Å². The van der Waals surface area contributed by atoms with Gasteiger partial charge < -0.3 is 28.4 Å². The minimum atomic E-state index is -0.238. The van der Waals surface area contributed by atoms with Crippen molar-refractivity contribution in [3.8, 4) is 11.1 Å². The zero-order chi connectivity index (χ0) is 30.6. The van der Waals surface area contributed by atoms with Crippen LogP contribution < -0.4 is 4.90 Å². The molecule has 1 aliphatic heterocycles. The predicted octanol–water partition coefficient (Wildman–Crippen LogP) is 5.60. The van der Waals surface area contributed by atoms with Crippen molar-refractivity contribution in [2.75, 3.05) is 58.5 Å². The highest BCUT2D eigenvalue weighted by atomic mass is 19.1. The molecule has 1 aliphatic rings. The van der Waals surface area contributed by atoms with Gasteiger partial charge in [-0.25, -0.2) is 9.37 Å². The van der Waals surface area contributed by atoms with Gasteiger partial charge in [0.05, 0.1) is 56.2 Å². The number of benzene rings is 3. The molecule has 44 heavy (non-hydrogen) atoms. The minimum absolute atomic E-state index is 0.0728. The molecule has 5 aromatic rings. The number of nitrogens with zero attached hydrogens (tertiary/aromatic N) is 5. The number of fused-ring (bicyclic) bond motifs is 1. The van der Waals surface area contributed by atoms with Gasteiger partial charge in [0.25, 0.3) is 5.91 Å². The quantitative estimate of drug-likeness (QED) is 0.210. The fraction of sp³-hybridized carbons (Fsp3) is 0.314. The maximum absolute atomic E-state index is 15.3. The van der Waals surface area contributed by atoms with Gasteiger partial charge in [-0.15, -0.1) is 0 Å². The molecule has 9 heteroatoms. The summed E-state index contributed by atoms with van der Waals surface area (Å²) in [6.45, 7) is 6.55. The van der Waals surface area contributed by atoms with Gasteiger partial charge in [0.2, 0.25) is 0 Å². The number of aryl methyl sites for hydroxylation is 1. The van der Waals surface area contributed by atoms with Crippen LogP contribution in [0.2, 0.25) is 0 Å². The highest BCUT2D eigenvalue weighted by Crippen LogP contribution is 2.33. The van der Waals surface area contributed by atoms with Crippen molar-refractivity contribution in [3.05, 3.63) is 108 Å². The zero-order valence-electron chi connectivity index (χ0n) is 25.5. The van der Waals surface area contributed by atoms with Gasteiger partial charge in [-0.3, -0.25) is 4.79 Å². The van der Waals surface area contributed by atoms with Gasteiger partial charge in [0, 0.05) is 63.0 Å². The number of halogens is 1. The van der Waals surface area contributed by atoms with Crippen molar-refractivity contribution in [1.82, 2.24) is 19.0 Å². The third-order valence-corrected chi connectivity index (χ3v) is 8.41. The third-order valence-electron chi connectivity index (χ3n) is 8.41. The number of ether oxygens (including phenoxy) is 2. The number of hydrogen-bond acceptors (Lipinski definition) is 5. The van der Waals surface area contributed by atoms with Crippen LogP contribution in [-0.2, 0) is 22.6 Å². The lowest BCUT2D eigenvalue weighted by atomic mass is 9.97. The molecule has 2 aromatic heterocycles. The zero-order valence-corrected chi connectivity index (χ0v) is 25.5. The number of rotatable bonds is 10. The van der Waals surface area contributed by atoms with E-state index < -0.39 is 0 Å². The molecule has 0 N–H and O–H groups in total. The van der Waals surface area contributed by atoms with Gasteiger partial charge in [-0.2, -0.15) is 0 Å². The molecule has 0 unspecified atom stereocenters. The van der Waals surface area contributed by atoms with Crippen LogP contribution in [0.3, 0.4) is 0 Å². The lowest BCUT2D eigenvalue weighted by molar-refractivity contribution is 0.0745. The molecule has 1 saturated heterocycles. The highest BCUT2D eigenvalue weighted by molar-refractivity contribution is 6.06. The number of carbonyl (C=O) groups excluding carboxylic acids is 1. The number of imidazole rings is 1. The Labute approximate surface area is 257 Å². The summed E-state index contributed by atoms with van der Waals surface area (Å²) < 4.78 is 30.0. The minimum Gasteiger partial charge on any atom is -0.383 e. The molecule has 0 atom stereocenters. The van der Waals surface area contributed by atoms with Crippen LogP contribution in [0, 0.1) is 12.7 Å². The monoisotopic (exact) mass is 595 g/mol. The highest BCUT2D eigenvalue weighted by Gasteiger charge is 2.22. The van der Waals surface area contributed by atoms with E-state index >= 15 is 4.39 Å². The molecule has 3 aromatic carbocycles. The lowest BCUT2D eigenvalue weighted by Crippen LogP contribution is -2.36. The van der Waals surface area contributed by atoms with E-state index in [9.17, 15) is 4.79 Å². The molecule has 0 bridgehead atoms. The Bertz CT molecular complexity index is 1770. The molecule has 1 fully saturated rings. The molecule has 228 valence electrons. The van der Waals surface area contributed by atoms with E-state index in [1.54, 1.807) is 31.5 Å². The fourth-order valence-corrected chi connectivity index (χ4v) is 5.87. The van der Waals surface area contributed by atoms with E-state index in [0.29, 0.717) is 50.6 Å². The second-order valence-electron chi connectivity index (χ2n) is 11.3. The second kappa shape index (κ2) is 13.0. The standard InChI is InChI=1S/C35H38FN5O3/c1-25-34(41(24-37-25)20-27-11-12-28(19-33(27)36)40-14-17-44-18-15-40)23-39-21-31(32(22-39)35(42)38(2)13-16-43-3)30-10-6-8-26-7-4-5-9-29(26)30/h4-12,19,21-22,24H,13-18,20,23H2,1-3H3. The van der Waals surface area contributed by atoms with E-state index in [0.717, 1.165) is 52.1 Å². The van der Waals surface area contributed by atoms with E-state index in [4.69, 9.17) is 9.47 Å². The lowest BCUT2D eigenvalue weighted by Gasteiger charge is -2.29. The largest absolute Gasteiger partial charge is 0.383 e. The van der Waals surface area contributed by atoms with Crippen molar-refractivity contribution in [1.29, 1.82) is 0 Å². The summed E-state index contributed by atoms with van der Waals surface area (Å²) in [5, 5.41) is 2.19. The number of methoxy groups -OCH3 is 1. The van der Waals surface area contributed by atoms with Gasteiger partial charge in [-0.1, -0.05) is 48.5 Å². The van der Waals surface area contributed by atoms with Crippen molar-refractivity contribution in [3.63, 3.8) is 0 Å². The third kappa shape index (κ3) is 6.11. The second-order valence-corrected chi connectivity index (χ2v) is 11.3. The summed E-state index contributed by atoms with van der Waals surface area (Å²) in [5.74, 6) is -0.311. The molecule has 0 saturated carbocycles.